The first kappa shape index (κ1) is 15.9. The second-order valence-electron chi connectivity index (χ2n) is 5.37. The van der Waals surface area contributed by atoms with Gasteiger partial charge in [-0.2, -0.15) is 0 Å². The molecule has 0 spiro atoms. The van der Waals surface area contributed by atoms with Crippen molar-refractivity contribution in [2.24, 2.45) is 0 Å². The van der Waals surface area contributed by atoms with Crippen LogP contribution in [0.1, 0.15) is 15.9 Å². The van der Waals surface area contributed by atoms with Crippen molar-refractivity contribution in [2.45, 2.75) is 13.0 Å². The number of carboxylic acid groups (broad SMARTS) is 1. The molecule has 8 heteroatoms. The van der Waals surface area contributed by atoms with Crippen molar-refractivity contribution in [1.29, 1.82) is 0 Å². The van der Waals surface area contributed by atoms with Gasteiger partial charge < -0.3 is 19.6 Å². The first-order valence-electron chi connectivity index (χ1n) is 6.80. The van der Waals surface area contributed by atoms with Gasteiger partial charge in [0.25, 0.3) is 5.91 Å². The summed E-state index contributed by atoms with van der Waals surface area (Å²) in [6.07, 6.45) is -0.956. The molecule has 0 bridgehead atoms. The van der Waals surface area contributed by atoms with Gasteiger partial charge in [-0.25, -0.2) is 4.79 Å². The summed E-state index contributed by atoms with van der Waals surface area (Å²) < 4.78 is 7.74. The molecule has 2 aliphatic heterocycles. The van der Waals surface area contributed by atoms with Crippen molar-refractivity contribution >= 4 is 50.5 Å². The Hall–Kier alpha value is -1.03. The van der Waals surface area contributed by atoms with Crippen molar-refractivity contribution in [2.75, 3.05) is 26.2 Å². The highest BCUT2D eigenvalue weighted by Crippen LogP contribution is 2.37. The molecule has 0 aromatic heterocycles. The molecule has 2 amide bonds. The first-order chi connectivity index (χ1) is 10.4. The van der Waals surface area contributed by atoms with Crippen LogP contribution in [-0.2, 0) is 0 Å². The van der Waals surface area contributed by atoms with Crippen molar-refractivity contribution in [3.05, 3.63) is 25.2 Å². The van der Waals surface area contributed by atoms with Gasteiger partial charge in [-0.1, -0.05) is 0 Å². The van der Waals surface area contributed by atoms with Crippen molar-refractivity contribution in [1.82, 2.24) is 9.80 Å². The summed E-state index contributed by atoms with van der Waals surface area (Å²) in [6, 6.07) is 1.57. The summed E-state index contributed by atoms with van der Waals surface area (Å²) in [5.74, 6) is 0.504. The summed E-state index contributed by atoms with van der Waals surface area (Å²) in [5, 5.41) is 9.13. The van der Waals surface area contributed by atoms with E-state index < -0.39 is 6.09 Å². The molecule has 1 aromatic carbocycles. The Bertz CT molecular complexity index is 667. The highest BCUT2D eigenvalue weighted by Gasteiger charge is 2.37. The molecule has 1 fully saturated rings. The van der Waals surface area contributed by atoms with Crippen molar-refractivity contribution < 1.29 is 19.4 Å². The summed E-state index contributed by atoms with van der Waals surface area (Å²) in [6.45, 7) is 3.22. The van der Waals surface area contributed by atoms with E-state index in [0.717, 1.165) is 13.6 Å². The van der Waals surface area contributed by atoms with E-state index in [0.29, 0.717) is 31.0 Å². The van der Waals surface area contributed by atoms with Crippen LogP contribution in [0.4, 0.5) is 4.79 Å². The molecule has 1 saturated heterocycles. The number of nitrogens with zero attached hydrogens (tertiary/aromatic N) is 2. The van der Waals surface area contributed by atoms with E-state index in [4.69, 9.17) is 9.84 Å². The molecule has 3 rings (SSSR count). The number of piperazine rings is 1. The monoisotopic (exact) mass is 480 g/mol. The Balaban J connectivity index is 1.98. The van der Waals surface area contributed by atoms with Gasteiger partial charge in [0.2, 0.25) is 0 Å². The number of ether oxygens (including phenoxy) is 1. The lowest BCUT2D eigenvalue weighted by Crippen LogP contribution is -2.57. The summed E-state index contributed by atoms with van der Waals surface area (Å²) in [7, 11) is 0. The maximum absolute atomic E-state index is 12.8. The number of hydrogen-bond acceptors (Lipinski definition) is 3. The third-order valence-electron chi connectivity index (χ3n) is 4.06. The Morgan fingerprint density at radius 2 is 2.23 bits per heavy atom. The van der Waals surface area contributed by atoms with Gasteiger partial charge in [-0.15, -0.1) is 0 Å². The van der Waals surface area contributed by atoms with Crippen molar-refractivity contribution in [3.63, 3.8) is 0 Å². The van der Waals surface area contributed by atoms with Crippen LogP contribution >= 0.6 is 38.5 Å². The lowest BCUT2D eigenvalue weighted by atomic mass is 10.1. The zero-order valence-electron chi connectivity index (χ0n) is 11.8. The van der Waals surface area contributed by atoms with E-state index in [-0.39, 0.29) is 18.5 Å². The molecule has 1 atom stereocenters. The SMILES string of the molecule is Cc1c(Br)c(I)cc2c1OC[C@H]1CN(C(=O)O)CCN1C2=O. The molecule has 1 N–H and O–H groups in total. The topological polar surface area (TPSA) is 70.1 Å². The predicted molar refractivity (Wildman–Crippen MR) is 91.5 cm³/mol. The van der Waals surface area contributed by atoms with Crippen LogP contribution < -0.4 is 4.74 Å². The average Bonchev–Trinajstić information content (AvgIpc) is 2.63. The molecule has 6 nitrogen and oxygen atoms in total. The van der Waals surface area contributed by atoms with Crippen molar-refractivity contribution in [3.8, 4) is 5.75 Å². The third-order valence-corrected chi connectivity index (χ3v) is 6.67. The van der Waals surface area contributed by atoms with E-state index in [9.17, 15) is 9.59 Å². The molecular weight excluding hydrogens is 467 g/mol. The van der Waals surface area contributed by atoms with Gasteiger partial charge in [0.15, 0.2) is 0 Å². The smallest absolute Gasteiger partial charge is 0.407 e. The summed E-state index contributed by atoms with van der Waals surface area (Å²) in [4.78, 5) is 27.0. The maximum atomic E-state index is 12.8. The Morgan fingerprint density at radius 3 is 2.91 bits per heavy atom. The average molecular weight is 481 g/mol. The van der Waals surface area contributed by atoms with Crippen LogP contribution in [0.2, 0.25) is 0 Å². The molecular formula is C14H14BrIN2O4. The fourth-order valence-electron chi connectivity index (χ4n) is 2.85. The third kappa shape index (κ3) is 2.55. The van der Waals surface area contributed by atoms with Crippen LogP contribution in [0, 0.1) is 10.5 Å². The number of hydrogen-bond donors (Lipinski definition) is 1. The summed E-state index contributed by atoms with van der Waals surface area (Å²) in [5.41, 5.74) is 1.45. The Labute approximate surface area is 149 Å². The number of amides is 2. The standard InChI is InChI=1S/C14H14BrIN2O4/c1-7-11(15)10(16)4-9-12(7)22-6-8-5-17(14(20)21)2-3-18(8)13(9)19/h4,8H,2-3,5-6H2,1H3,(H,20,21)/t8-/m1/s1. The molecule has 0 saturated carbocycles. The number of fused-ring (bicyclic) bond motifs is 2. The zero-order chi connectivity index (χ0) is 16.0. The predicted octanol–water partition coefficient (Wildman–Crippen LogP) is 2.56. The fourth-order valence-corrected chi connectivity index (χ4v) is 3.87. The minimum Gasteiger partial charge on any atom is -0.490 e. The van der Waals surface area contributed by atoms with Crippen LogP contribution in [0.25, 0.3) is 0 Å². The van der Waals surface area contributed by atoms with Gasteiger partial charge in [-0.3, -0.25) is 4.79 Å². The molecule has 2 aliphatic rings. The fraction of sp³-hybridized carbons (Fsp3) is 0.429. The molecule has 0 aliphatic carbocycles. The minimum absolute atomic E-state index is 0.0870. The van der Waals surface area contributed by atoms with E-state index in [2.05, 4.69) is 38.5 Å². The van der Waals surface area contributed by atoms with E-state index in [1.165, 1.54) is 4.90 Å². The van der Waals surface area contributed by atoms with Gasteiger partial charge in [-0.05, 0) is 51.5 Å². The number of carbonyl (C=O) groups is 2. The summed E-state index contributed by atoms with van der Waals surface area (Å²) >= 11 is 5.69. The number of benzene rings is 1. The Kier molecular flexibility index (Phi) is 4.23. The Morgan fingerprint density at radius 1 is 1.50 bits per heavy atom. The highest BCUT2D eigenvalue weighted by molar-refractivity contribution is 14.1. The molecule has 22 heavy (non-hydrogen) atoms. The lowest BCUT2D eigenvalue weighted by molar-refractivity contribution is 0.0390. The molecule has 2 heterocycles. The van der Waals surface area contributed by atoms with Crippen LogP contribution in [0.15, 0.2) is 10.5 Å². The van der Waals surface area contributed by atoms with Gasteiger partial charge >= 0.3 is 6.09 Å². The van der Waals surface area contributed by atoms with E-state index >= 15 is 0 Å². The second-order valence-corrected chi connectivity index (χ2v) is 7.32. The molecule has 1 aromatic rings. The number of carbonyl (C=O) groups excluding carboxylic acids is 1. The lowest BCUT2D eigenvalue weighted by Gasteiger charge is -2.38. The van der Waals surface area contributed by atoms with Gasteiger partial charge in [0.1, 0.15) is 12.4 Å². The normalized spacial score (nSPS) is 20.9. The quantitative estimate of drug-likeness (QED) is 0.579. The minimum atomic E-state index is -0.956. The molecule has 118 valence electrons. The molecule has 0 unspecified atom stereocenters. The van der Waals surface area contributed by atoms with Crippen LogP contribution in [0.5, 0.6) is 5.75 Å². The van der Waals surface area contributed by atoms with Gasteiger partial charge in [0, 0.05) is 33.2 Å². The largest absolute Gasteiger partial charge is 0.490 e. The number of rotatable bonds is 0. The highest BCUT2D eigenvalue weighted by atomic mass is 127. The number of halogens is 2. The second kappa shape index (κ2) is 5.88. The van der Waals surface area contributed by atoms with Crippen LogP contribution in [-0.4, -0.2) is 59.2 Å². The van der Waals surface area contributed by atoms with E-state index in [1.54, 1.807) is 4.90 Å². The van der Waals surface area contributed by atoms with E-state index in [1.807, 2.05) is 13.0 Å². The first-order valence-corrected chi connectivity index (χ1v) is 8.67. The maximum Gasteiger partial charge on any atom is 0.407 e. The molecule has 0 radical (unpaired) electrons. The zero-order valence-corrected chi connectivity index (χ0v) is 15.5. The van der Waals surface area contributed by atoms with Crippen LogP contribution in [0.3, 0.4) is 0 Å². The van der Waals surface area contributed by atoms with Gasteiger partial charge in [0.05, 0.1) is 11.6 Å².